The van der Waals surface area contributed by atoms with Crippen LogP contribution in [0.25, 0.3) is 0 Å². The van der Waals surface area contributed by atoms with Crippen molar-refractivity contribution in [2.24, 2.45) is 0 Å². The fourth-order valence-electron chi connectivity index (χ4n) is 1.74. The Morgan fingerprint density at radius 1 is 1.33 bits per heavy atom. The van der Waals surface area contributed by atoms with Gasteiger partial charge in [0.1, 0.15) is 0 Å². The van der Waals surface area contributed by atoms with E-state index in [1.54, 1.807) is 6.92 Å². The van der Waals surface area contributed by atoms with Crippen molar-refractivity contribution in [3.63, 3.8) is 0 Å². The Labute approximate surface area is 109 Å². The minimum atomic E-state index is -0.419. The Morgan fingerprint density at radius 3 is 2.50 bits per heavy atom. The minimum Gasteiger partial charge on any atom is -0.393 e. The minimum absolute atomic E-state index is 0.0000869. The van der Waals surface area contributed by atoms with Gasteiger partial charge >= 0.3 is 0 Å². The van der Waals surface area contributed by atoms with Crippen molar-refractivity contribution in [1.82, 2.24) is 5.32 Å². The van der Waals surface area contributed by atoms with Gasteiger partial charge in [-0.3, -0.25) is 4.79 Å². The van der Waals surface area contributed by atoms with E-state index in [1.807, 2.05) is 18.2 Å². The lowest BCUT2D eigenvalue weighted by atomic mass is 9.84. The van der Waals surface area contributed by atoms with Crippen LogP contribution in [0.2, 0.25) is 0 Å². The molecule has 2 N–H and O–H groups in total. The lowest BCUT2D eigenvalue weighted by molar-refractivity contribution is -0.121. The van der Waals surface area contributed by atoms with E-state index in [-0.39, 0.29) is 11.3 Å². The molecule has 1 aromatic carbocycles. The SMILES string of the molecule is CC(O)CCC(=O)NCC(C)(C)c1ccccc1. The van der Waals surface area contributed by atoms with Crippen LogP contribution in [0, 0.1) is 0 Å². The molecule has 0 aromatic heterocycles. The van der Waals surface area contributed by atoms with Crippen molar-refractivity contribution in [2.45, 2.75) is 45.1 Å². The number of carbonyl (C=O) groups excluding carboxylic acids is 1. The van der Waals surface area contributed by atoms with E-state index in [9.17, 15) is 4.79 Å². The molecule has 3 nitrogen and oxygen atoms in total. The second-order valence-corrected chi connectivity index (χ2v) is 5.41. The van der Waals surface area contributed by atoms with Crippen LogP contribution >= 0.6 is 0 Å². The summed E-state index contributed by atoms with van der Waals surface area (Å²) in [6.45, 7) is 6.52. The third-order valence-electron chi connectivity index (χ3n) is 3.07. The Hall–Kier alpha value is -1.35. The number of amides is 1. The first kappa shape index (κ1) is 14.7. The first-order valence-electron chi connectivity index (χ1n) is 6.42. The third-order valence-corrected chi connectivity index (χ3v) is 3.07. The third kappa shape index (κ3) is 4.88. The van der Waals surface area contributed by atoms with Crippen molar-refractivity contribution in [3.8, 4) is 0 Å². The first-order chi connectivity index (χ1) is 8.42. The molecule has 0 aliphatic rings. The van der Waals surface area contributed by atoms with E-state index in [0.717, 1.165) is 0 Å². The van der Waals surface area contributed by atoms with E-state index in [0.29, 0.717) is 19.4 Å². The van der Waals surface area contributed by atoms with E-state index >= 15 is 0 Å². The molecule has 0 saturated carbocycles. The number of hydrogen-bond donors (Lipinski definition) is 2. The molecule has 0 bridgehead atoms. The molecule has 1 unspecified atom stereocenters. The second kappa shape index (κ2) is 6.55. The predicted octanol–water partition coefficient (Wildman–Crippen LogP) is 2.24. The Bertz CT molecular complexity index is 371. The highest BCUT2D eigenvalue weighted by molar-refractivity contribution is 5.76. The summed E-state index contributed by atoms with van der Waals surface area (Å²) in [6.07, 6.45) is 0.470. The number of benzene rings is 1. The number of nitrogens with one attached hydrogen (secondary N) is 1. The average Bonchev–Trinajstić information content (AvgIpc) is 2.35. The molecule has 0 heterocycles. The Morgan fingerprint density at radius 2 is 1.94 bits per heavy atom. The lowest BCUT2D eigenvalue weighted by Gasteiger charge is -2.25. The maximum Gasteiger partial charge on any atom is 0.220 e. The largest absolute Gasteiger partial charge is 0.393 e. The summed E-state index contributed by atoms with van der Waals surface area (Å²) in [7, 11) is 0. The number of aliphatic hydroxyl groups is 1. The van der Waals surface area contributed by atoms with Crippen LogP contribution < -0.4 is 5.32 Å². The molecule has 3 heteroatoms. The maximum absolute atomic E-state index is 11.6. The van der Waals surface area contributed by atoms with Gasteiger partial charge in [-0.2, -0.15) is 0 Å². The zero-order valence-electron chi connectivity index (χ0n) is 11.4. The normalized spacial score (nSPS) is 13.1. The molecule has 1 atom stereocenters. The van der Waals surface area contributed by atoms with Gasteiger partial charge in [-0.1, -0.05) is 44.2 Å². The highest BCUT2D eigenvalue weighted by Gasteiger charge is 2.20. The van der Waals surface area contributed by atoms with Crippen LogP contribution in [0.5, 0.6) is 0 Å². The fourth-order valence-corrected chi connectivity index (χ4v) is 1.74. The smallest absolute Gasteiger partial charge is 0.220 e. The molecular weight excluding hydrogens is 226 g/mol. The molecule has 18 heavy (non-hydrogen) atoms. The summed E-state index contributed by atoms with van der Waals surface area (Å²) in [5.74, 6) is -0.0000869. The van der Waals surface area contributed by atoms with Gasteiger partial charge in [0.2, 0.25) is 5.91 Å². The molecule has 1 rings (SSSR count). The van der Waals surface area contributed by atoms with Gasteiger partial charge in [-0.05, 0) is 18.9 Å². The first-order valence-corrected chi connectivity index (χ1v) is 6.42. The Balaban J connectivity index is 2.45. The van der Waals surface area contributed by atoms with Gasteiger partial charge in [0, 0.05) is 18.4 Å². The summed E-state index contributed by atoms with van der Waals surface area (Å²) in [5, 5.41) is 12.1. The second-order valence-electron chi connectivity index (χ2n) is 5.41. The van der Waals surface area contributed by atoms with Crippen molar-refractivity contribution >= 4 is 5.91 Å². The standard InChI is InChI=1S/C15H23NO2/c1-12(17)9-10-14(18)16-11-15(2,3)13-7-5-4-6-8-13/h4-8,12,17H,9-11H2,1-3H3,(H,16,18). The monoisotopic (exact) mass is 249 g/mol. The molecule has 0 fully saturated rings. The van der Waals surface area contributed by atoms with Gasteiger partial charge in [-0.15, -0.1) is 0 Å². The molecule has 0 spiro atoms. The summed E-state index contributed by atoms with van der Waals surface area (Å²) >= 11 is 0. The summed E-state index contributed by atoms with van der Waals surface area (Å²) in [6, 6.07) is 10.1. The highest BCUT2D eigenvalue weighted by atomic mass is 16.3. The van der Waals surface area contributed by atoms with E-state index < -0.39 is 6.10 Å². The number of hydrogen-bond acceptors (Lipinski definition) is 2. The number of aliphatic hydroxyl groups excluding tert-OH is 1. The number of carbonyl (C=O) groups is 1. The molecule has 0 saturated heterocycles. The lowest BCUT2D eigenvalue weighted by Crippen LogP contribution is -2.36. The van der Waals surface area contributed by atoms with Crippen LogP contribution in [0.1, 0.15) is 39.2 Å². The van der Waals surface area contributed by atoms with E-state index in [1.165, 1.54) is 5.56 Å². The Kier molecular flexibility index (Phi) is 5.35. The molecule has 100 valence electrons. The predicted molar refractivity (Wildman–Crippen MR) is 73.4 cm³/mol. The van der Waals surface area contributed by atoms with Crippen LogP contribution in [0.4, 0.5) is 0 Å². The van der Waals surface area contributed by atoms with E-state index in [2.05, 4.69) is 31.3 Å². The molecule has 0 aliphatic heterocycles. The van der Waals surface area contributed by atoms with Crippen molar-refractivity contribution in [1.29, 1.82) is 0 Å². The van der Waals surface area contributed by atoms with Crippen LogP contribution in [-0.2, 0) is 10.2 Å². The number of rotatable bonds is 6. The molecular formula is C15H23NO2. The molecule has 0 aliphatic carbocycles. The van der Waals surface area contributed by atoms with Crippen molar-refractivity contribution in [3.05, 3.63) is 35.9 Å². The zero-order valence-corrected chi connectivity index (χ0v) is 11.4. The molecule has 1 amide bonds. The fraction of sp³-hybridized carbons (Fsp3) is 0.533. The highest BCUT2D eigenvalue weighted by Crippen LogP contribution is 2.21. The van der Waals surface area contributed by atoms with Gasteiger partial charge in [0.15, 0.2) is 0 Å². The van der Waals surface area contributed by atoms with Gasteiger partial charge in [0.25, 0.3) is 0 Å². The zero-order chi connectivity index (χ0) is 13.6. The van der Waals surface area contributed by atoms with Crippen LogP contribution in [0.3, 0.4) is 0 Å². The van der Waals surface area contributed by atoms with Gasteiger partial charge in [0.05, 0.1) is 6.10 Å². The summed E-state index contributed by atoms with van der Waals surface area (Å²) < 4.78 is 0. The van der Waals surface area contributed by atoms with Crippen molar-refractivity contribution < 1.29 is 9.90 Å². The van der Waals surface area contributed by atoms with Gasteiger partial charge in [-0.25, -0.2) is 0 Å². The summed E-state index contributed by atoms with van der Waals surface area (Å²) in [5.41, 5.74) is 1.13. The van der Waals surface area contributed by atoms with Crippen LogP contribution in [-0.4, -0.2) is 23.7 Å². The van der Waals surface area contributed by atoms with E-state index in [4.69, 9.17) is 5.11 Å². The summed E-state index contributed by atoms with van der Waals surface area (Å²) in [4.78, 5) is 11.6. The quantitative estimate of drug-likeness (QED) is 0.812. The molecule has 0 radical (unpaired) electrons. The maximum atomic E-state index is 11.6. The topological polar surface area (TPSA) is 49.3 Å². The molecule has 1 aromatic rings. The average molecular weight is 249 g/mol. The van der Waals surface area contributed by atoms with Crippen molar-refractivity contribution in [2.75, 3.05) is 6.54 Å². The van der Waals surface area contributed by atoms with Crippen LogP contribution in [0.15, 0.2) is 30.3 Å². The van der Waals surface area contributed by atoms with Gasteiger partial charge < -0.3 is 10.4 Å².